The highest BCUT2D eigenvalue weighted by Crippen LogP contribution is 2.25. The van der Waals surface area contributed by atoms with E-state index in [1.165, 1.54) is 0 Å². The van der Waals surface area contributed by atoms with Crippen LogP contribution in [0.15, 0.2) is 46.9 Å². The fourth-order valence-corrected chi connectivity index (χ4v) is 2.77. The van der Waals surface area contributed by atoms with Gasteiger partial charge in [-0.3, -0.25) is 4.79 Å². The molecule has 0 aliphatic heterocycles. The molecule has 2 aromatic rings. The summed E-state index contributed by atoms with van der Waals surface area (Å²) in [6.45, 7) is 0. The summed E-state index contributed by atoms with van der Waals surface area (Å²) in [5.74, 6) is -0.215. The summed E-state index contributed by atoms with van der Waals surface area (Å²) in [7, 11) is 0. The first-order valence-corrected chi connectivity index (χ1v) is 8.20. The van der Waals surface area contributed by atoms with E-state index in [-0.39, 0.29) is 17.4 Å². The van der Waals surface area contributed by atoms with Gasteiger partial charge in [0, 0.05) is 9.50 Å². The van der Waals surface area contributed by atoms with Crippen LogP contribution in [0.2, 0.25) is 10.0 Å². The number of amides is 1. The van der Waals surface area contributed by atoms with Crippen molar-refractivity contribution in [2.75, 3.05) is 5.32 Å². The number of benzene rings is 2. The maximum absolute atomic E-state index is 11.9. The van der Waals surface area contributed by atoms with Crippen LogP contribution < -0.4 is 10.6 Å². The Hall–Kier alpha value is -1.14. The Morgan fingerprint density at radius 1 is 1.14 bits per heavy atom. The molecule has 2 rings (SSSR count). The molecule has 0 saturated heterocycles. The molecule has 0 fully saturated rings. The molecule has 0 unspecified atom stereocenters. The number of carbonyl (C=O) groups is 1. The van der Waals surface area contributed by atoms with E-state index in [4.69, 9.17) is 35.4 Å². The van der Waals surface area contributed by atoms with Gasteiger partial charge < -0.3 is 10.6 Å². The van der Waals surface area contributed by atoms with Crippen molar-refractivity contribution in [2.45, 2.75) is 6.42 Å². The average molecular weight is 418 g/mol. The van der Waals surface area contributed by atoms with Gasteiger partial charge in [-0.25, -0.2) is 0 Å². The van der Waals surface area contributed by atoms with Crippen LogP contribution in [0, 0.1) is 0 Å². The SMILES string of the molecule is O=C(Cc1ccc(Cl)cc1)NC(=S)Nc1ccc(Br)cc1Cl. The monoisotopic (exact) mass is 416 g/mol. The Balaban J connectivity index is 1.91. The lowest BCUT2D eigenvalue weighted by Crippen LogP contribution is -2.35. The molecule has 3 nitrogen and oxygen atoms in total. The molecule has 0 aromatic heterocycles. The van der Waals surface area contributed by atoms with Gasteiger partial charge in [0.15, 0.2) is 5.11 Å². The largest absolute Gasteiger partial charge is 0.331 e. The smallest absolute Gasteiger partial charge is 0.230 e. The van der Waals surface area contributed by atoms with Gasteiger partial charge in [0.2, 0.25) is 5.91 Å². The number of carbonyl (C=O) groups excluding carboxylic acids is 1. The number of anilines is 1. The van der Waals surface area contributed by atoms with Gasteiger partial charge >= 0.3 is 0 Å². The fraction of sp³-hybridized carbons (Fsp3) is 0.0667. The van der Waals surface area contributed by atoms with Crippen molar-refractivity contribution >= 4 is 68.1 Å². The zero-order valence-corrected chi connectivity index (χ0v) is 15.1. The first-order valence-electron chi connectivity index (χ1n) is 6.24. The molecular formula is C15H11BrCl2N2OS. The van der Waals surface area contributed by atoms with Crippen molar-refractivity contribution in [1.29, 1.82) is 0 Å². The molecule has 2 aromatic carbocycles. The van der Waals surface area contributed by atoms with Crippen LogP contribution in [-0.4, -0.2) is 11.0 Å². The Labute approximate surface area is 152 Å². The Morgan fingerprint density at radius 3 is 2.45 bits per heavy atom. The Bertz CT molecular complexity index is 707. The molecule has 7 heteroatoms. The van der Waals surface area contributed by atoms with Crippen LogP contribution in [0.1, 0.15) is 5.56 Å². The summed E-state index contributed by atoms with van der Waals surface area (Å²) >= 11 is 20.3. The molecule has 1 amide bonds. The Morgan fingerprint density at radius 2 is 1.82 bits per heavy atom. The zero-order chi connectivity index (χ0) is 16.1. The third-order valence-electron chi connectivity index (χ3n) is 2.71. The van der Waals surface area contributed by atoms with Gasteiger partial charge in [-0.1, -0.05) is 51.3 Å². The van der Waals surface area contributed by atoms with Crippen molar-refractivity contribution in [3.8, 4) is 0 Å². The van der Waals surface area contributed by atoms with E-state index in [0.29, 0.717) is 15.7 Å². The van der Waals surface area contributed by atoms with E-state index >= 15 is 0 Å². The van der Waals surface area contributed by atoms with Gasteiger partial charge in [-0.2, -0.15) is 0 Å². The quantitative estimate of drug-likeness (QED) is 0.704. The summed E-state index contributed by atoms with van der Waals surface area (Å²) in [4.78, 5) is 11.9. The first kappa shape index (κ1) is 17.2. The van der Waals surface area contributed by atoms with E-state index in [2.05, 4.69) is 26.6 Å². The molecule has 22 heavy (non-hydrogen) atoms. The predicted molar refractivity (Wildman–Crippen MR) is 98.7 cm³/mol. The van der Waals surface area contributed by atoms with Crippen LogP contribution in [0.5, 0.6) is 0 Å². The van der Waals surface area contributed by atoms with E-state index in [1.807, 2.05) is 6.07 Å². The van der Waals surface area contributed by atoms with Crippen molar-refractivity contribution in [3.05, 3.63) is 62.5 Å². The molecule has 0 saturated carbocycles. The molecule has 0 bridgehead atoms. The van der Waals surface area contributed by atoms with E-state index in [1.54, 1.807) is 36.4 Å². The summed E-state index contributed by atoms with van der Waals surface area (Å²) in [5.41, 5.74) is 1.48. The molecule has 0 aliphatic carbocycles. The molecule has 114 valence electrons. The predicted octanol–water partition coefficient (Wildman–Crippen LogP) is 4.81. The standard InChI is InChI=1S/C15H11BrCl2N2OS/c16-10-3-6-13(12(18)8-10)19-15(22)20-14(21)7-9-1-4-11(17)5-2-9/h1-6,8H,7H2,(H2,19,20,21,22). The van der Waals surface area contributed by atoms with Gasteiger partial charge in [-0.15, -0.1) is 0 Å². The van der Waals surface area contributed by atoms with Gasteiger partial charge in [0.1, 0.15) is 0 Å². The number of hydrogen-bond donors (Lipinski definition) is 2. The van der Waals surface area contributed by atoms with Crippen molar-refractivity contribution in [3.63, 3.8) is 0 Å². The van der Waals surface area contributed by atoms with E-state index in [0.717, 1.165) is 10.0 Å². The minimum atomic E-state index is -0.215. The fourth-order valence-electron chi connectivity index (χ4n) is 1.70. The lowest BCUT2D eigenvalue weighted by Gasteiger charge is -2.11. The Kier molecular flexibility index (Phi) is 6.20. The molecule has 0 atom stereocenters. The summed E-state index contributed by atoms with van der Waals surface area (Å²) in [5, 5.41) is 6.83. The molecule has 0 radical (unpaired) electrons. The molecule has 2 N–H and O–H groups in total. The number of rotatable bonds is 3. The highest BCUT2D eigenvalue weighted by atomic mass is 79.9. The topological polar surface area (TPSA) is 41.1 Å². The molecule has 0 aliphatic rings. The van der Waals surface area contributed by atoms with Crippen LogP contribution in [-0.2, 0) is 11.2 Å². The van der Waals surface area contributed by atoms with Crippen LogP contribution in [0.3, 0.4) is 0 Å². The van der Waals surface area contributed by atoms with Gasteiger partial charge in [0.05, 0.1) is 17.1 Å². The van der Waals surface area contributed by atoms with Crippen LogP contribution >= 0.6 is 51.3 Å². The van der Waals surface area contributed by atoms with Crippen molar-refractivity contribution in [1.82, 2.24) is 5.32 Å². The maximum atomic E-state index is 11.9. The lowest BCUT2D eigenvalue weighted by molar-refractivity contribution is -0.119. The zero-order valence-electron chi connectivity index (χ0n) is 11.2. The molecule has 0 heterocycles. The summed E-state index contributed by atoms with van der Waals surface area (Å²) in [6, 6.07) is 12.4. The van der Waals surface area contributed by atoms with Gasteiger partial charge in [0.25, 0.3) is 0 Å². The van der Waals surface area contributed by atoms with Crippen LogP contribution in [0.25, 0.3) is 0 Å². The number of thiocarbonyl (C=S) groups is 1. The second-order valence-electron chi connectivity index (χ2n) is 4.43. The van der Waals surface area contributed by atoms with Gasteiger partial charge in [-0.05, 0) is 48.1 Å². The van der Waals surface area contributed by atoms with Crippen molar-refractivity contribution < 1.29 is 4.79 Å². The molecular weight excluding hydrogens is 407 g/mol. The number of halogens is 3. The highest BCUT2D eigenvalue weighted by Gasteiger charge is 2.08. The van der Waals surface area contributed by atoms with Crippen molar-refractivity contribution in [2.24, 2.45) is 0 Å². The van der Waals surface area contributed by atoms with Crippen LogP contribution in [0.4, 0.5) is 5.69 Å². The second-order valence-corrected chi connectivity index (χ2v) is 6.60. The summed E-state index contributed by atoms with van der Waals surface area (Å²) < 4.78 is 0.862. The lowest BCUT2D eigenvalue weighted by atomic mass is 10.1. The van der Waals surface area contributed by atoms with E-state index in [9.17, 15) is 4.79 Å². The minimum Gasteiger partial charge on any atom is -0.331 e. The minimum absolute atomic E-state index is 0.197. The second kappa shape index (κ2) is 7.92. The highest BCUT2D eigenvalue weighted by molar-refractivity contribution is 9.10. The first-order chi connectivity index (χ1) is 10.4. The molecule has 0 spiro atoms. The third-order valence-corrected chi connectivity index (χ3v) is 3.97. The number of nitrogens with one attached hydrogen (secondary N) is 2. The third kappa shape index (κ3) is 5.25. The summed E-state index contributed by atoms with van der Waals surface area (Å²) in [6.07, 6.45) is 0.215. The maximum Gasteiger partial charge on any atom is 0.230 e. The number of hydrogen-bond acceptors (Lipinski definition) is 2. The average Bonchev–Trinajstić information content (AvgIpc) is 2.44. The normalized spacial score (nSPS) is 10.1. The van der Waals surface area contributed by atoms with E-state index < -0.39 is 0 Å².